The Balaban J connectivity index is 2.83. The van der Waals surface area contributed by atoms with Gasteiger partial charge in [0.25, 0.3) is 0 Å². The number of nitrogens with zero attached hydrogens (tertiary/aromatic N) is 3. The molecule has 0 spiro atoms. The summed E-state index contributed by atoms with van der Waals surface area (Å²) < 4.78 is 3.28. The zero-order valence-electron chi connectivity index (χ0n) is 14.0. The van der Waals surface area contributed by atoms with E-state index in [1.54, 1.807) is 0 Å². The smallest absolute Gasteiger partial charge is 0.0696 e. The van der Waals surface area contributed by atoms with E-state index in [4.69, 9.17) is 0 Å². The van der Waals surface area contributed by atoms with E-state index in [1.807, 2.05) is 6.20 Å². The summed E-state index contributed by atoms with van der Waals surface area (Å²) in [6.07, 6.45) is 5.32. The van der Waals surface area contributed by atoms with E-state index >= 15 is 0 Å². The molecule has 0 amide bonds. The van der Waals surface area contributed by atoms with Crippen molar-refractivity contribution in [2.75, 3.05) is 26.2 Å². The Morgan fingerprint density at radius 1 is 1.24 bits per heavy atom. The summed E-state index contributed by atoms with van der Waals surface area (Å²) in [5.74, 6) is 0. The molecule has 5 heteroatoms. The molecule has 0 aliphatic rings. The Labute approximate surface area is 138 Å². The lowest BCUT2D eigenvalue weighted by atomic mass is 10.1. The van der Waals surface area contributed by atoms with E-state index in [1.165, 1.54) is 5.69 Å². The highest BCUT2D eigenvalue weighted by atomic mass is 79.9. The highest BCUT2D eigenvalue weighted by Gasteiger charge is 2.20. The number of halogens is 1. The van der Waals surface area contributed by atoms with Gasteiger partial charge in [-0.25, -0.2) is 0 Å². The molecule has 4 nitrogen and oxygen atoms in total. The number of nitrogens with one attached hydrogen (secondary N) is 1. The van der Waals surface area contributed by atoms with Crippen LogP contribution in [-0.2, 0) is 6.54 Å². The van der Waals surface area contributed by atoms with Crippen LogP contribution in [-0.4, -0.2) is 40.9 Å². The fraction of sp³-hybridized carbons (Fsp3) is 0.812. The van der Waals surface area contributed by atoms with Gasteiger partial charge in [-0.15, -0.1) is 0 Å². The van der Waals surface area contributed by atoms with E-state index in [-0.39, 0.29) is 0 Å². The van der Waals surface area contributed by atoms with Crippen LogP contribution in [0.3, 0.4) is 0 Å². The molecule has 1 aromatic rings. The van der Waals surface area contributed by atoms with Crippen LogP contribution in [0, 0.1) is 0 Å². The molecular formula is C16H31BrN4. The van der Waals surface area contributed by atoms with E-state index < -0.39 is 0 Å². The third-order valence-corrected chi connectivity index (χ3v) is 4.48. The van der Waals surface area contributed by atoms with Crippen molar-refractivity contribution in [1.82, 2.24) is 20.0 Å². The van der Waals surface area contributed by atoms with Gasteiger partial charge in [-0.1, -0.05) is 27.7 Å². The first-order valence-electron chi connectivity index (χ1n) is 8.34. The molecule has 0 bridgehead atoms. The highest BCUT2D eigenvalue weighted by molar-refractivity contribution is 9.10. The molecular weight excluding hydrogens is 328 g/mol. The van der Waals surface area contributed by atoms with Crippen LogP contribution in [0.4, 0.5) is 0 Å². The van der Waals surface area contributed by atoms with Crippen molar-refractivity contribution < 1.29 is 0 Å². The number of aryl methyl sites for hydroxylation is 1. The molecule has 1 N–H and O–H groups in total. The van der Waals surface area contributed by atoms with E-state index in [9.17, 15) is 0 Å². The third-order valence-electron chi connectivity index (χ3n) is 3.87. The van der Waals surface area contributed by atoms with Gasteiger partial charge in [0, 0.05) is 6.54 Å². The first-order valence-corrected chi connectivity index (χ1v) is 9.13. The Morgan fingerprint density at radius 2 is 1.95 bits per heavy atom. The highest BCUT2D eigenvalue weighted by Crippen LogP contribution is 2.26. The molecule has 1 heterocycles. The molecule has 122 valence electrons. The predicted octanol–water partition coefficient (Wildman–Crippen LogP) is 3.83. The zero-order valence-corrected chi connectivity index (χ0v) is 15.6. The minimum atomic E-state index is 0.369. The SMILES string of the molecule is CCCNC(CCN(CC)CC)c1c(Br)cnn1CCC. The van der Waals surface area contributed by atoms with E-state index in [2.05, 4.69) is 63.6 Å². The van der Waals surface area contributed by atoms with Crippen molar-refractivity contribution >= 4 is 15.9 Å². The summed E-state index contributed by atoms with van der Waals surface area (Å²) in [6, 6.07) is 0.369. The van der Waals surface area contributed by atoms with Crippen LogP contribution in [0.5, 0.6) is 0 Å². The van der Waals surface area contributed by atoms with Gasteiger partial charge in [-0.3, -0.25) is 4.68 Å². The monoisotopic (exact) mass is 358 g/mol. The fourth-order valence-electron chi connectivity index (χ4n) is 2.61. The topological polar surface area (TPSA) is 33.1 Å². The largest absolute Gasteiger partial charge is 0.309 e. The van der Waals surface area contributed by atoms with Gasteiger partial charge in [0.1, 0.15) is 0 Å². The van der Waals surface area contributed by atoms with Crippen molar-refractivity contribution in [2.24, 2.45) is 0 Å². The third kappa shape index (κ3) is 5.72. The second-order valence-electron chi connectivity index (χ2n) is 5.42. The van der Waals surface area contributed by atoms with Crippen LogP contribution in [0.2, 0.25) is 0 Å². The summed E-state index contributed by atoms with van der Waals surface area (Å²) in [5, 5.41) is 8.22. The molecule has 0 saturated carbocycles. The lowest BCUT2D eigenvalue weighted by Gasteiger charge is -2.24. The van der Waals surface area contributed by atoms with Crippen LogP contribution in [0.25, 0.3) is 0 Å². The lowest BCUT2D eigenvalue weighted by molar-refractivity contribution is 0.278. The van der Waals surface area contributed by atoms with Crippen LogP contribution < -0.4 is 5.32 Å². The van der Waals surface area contributed by atoms with Crippen LogP contribution in [0.15, 0.2) is 10.7 Å². The van der Waals surface area contributed by atoms with Gasteiger partial charge >= 0.3 is 0 Å². The van der Waals surface area contributed by atoms with Crippen molar-refractivity contribution in [3.05, 3.63) is 16.4 Å². The number of hydrogen-bond donors (Lipinski definition) is 1. The van der Waals surface area contributed by atoms with Gasteiger partial charge in [0.15, 0.2) is 0 Å². The Kier molecular flexibility index (Phi) is 9.20. The fourth-order valence-corrected chi connectivity index (χ4v) is 3.19. The van der Waals surface area contributed by atoms with Crippen molar-refractivity contribution in [1.29, 1.82) is 0 Å². The van der Waals surface area contributed by atoms with Crippen molar-refractivity contribution in [3.63, 3.8) is 0 Å². The molecule has 0 radical (unpaired) electrons. The quantitative estimate of drug-likeness (QED) is 0.652. The molecule has 1 unspecified atom stereocenters. The molecule has 0 saturated heterocycles. The molecule has 1 rings (SSSR count). The van der Waals surface area contributed by atoms with Crippen LogP contribution in [0.1, 0.15) is 58.7 Å². The summed E-state index contributed by atoms with van der Waals surface area (Å²) in [4.78, 5) is 2.48. The van der Waals surface area contributed by atoms with E-state index in [0.717, 1.165) is 56.5 Å². The molecule has 1 aromatic heterocycles. The number of aromatic nitrogens is 2. The molecule has 0 aliphatic heterocycles. The van der Waals surface area contributed by atoms with Gasteiger partial charge < -0.3 is 10.2 Å². The second-order valence-corrected chi connectivity index (χ2v) is 6.28. The average molecular weight is 359 g/mol. The Bertz CT molecular complexity index is 388. The van der Waals surface area contributed by atoms with Gasteiger partial charge in [0.05, 0.1) is 22.4 Å². The maximum absolute atomic E-state index is 4.52. The van der Waals surface area contributed by atoms with Gasteiger partial charge in [0.2, 0.25) is 0 Å². The average Bonchev–Trinajstić information content (AvgIpc) is 2.85. The minimum absolute atomic E-state index is 0.369. The van der Waals surface area contributed by atoms with Gasteiger partial charge in [-0.05, 0) is 61.4 Å². The number of rotatable bonds is 11. The first-order chi connectivity index (χ1) is 10.2. The second kappa shape index (κ2) is 10.4. The predicted molar refractivity (Wildman–Crippen MR) is 93.7 cm³/mol. The maximum Gasteiger partial charge on any atom is 0.0696 e. The minimum Gasteiger partial charge on any atom is -0.309 e. The standard InChI is InChI=1S/C16H31BrN4/c1-5-10-18-15(9-12-20(7-3)8-4)16-14(17)13-19-21(16)11-6-2/h13,15,18H,5-12H2,1-4H3. The van der Waals surface area contributed by atoms with Crippen LogP contribution >= 0.6 is 15.9 Å². The summed E-state index contributed by atoms with van der Waals surface area (Å²) in [5.41, 5.74) is 1.30. The maximum atomic E-state index is 4.52. The van der Waals surface area contributed by atoms with Crippen molar-refractivity contribution in [2.45, 2.75) is 59.5 Å². The Hall–Kier alpha value is -0.390. The first kappa shape index (κ1) is 18.7. The summed E-state index contributed by atoms with van der Waals surface area (Å²) >= 11 is 3.68. The van der Waals surface area contributed by atoms with Gasteiger partial charge in [-0.2, -0.15) is 5.10 Å². The molecule has 0 aromatic carbocycles. The molecule has 1 atom stereocenters. The summed E-state index contributed by atoms with van der Waals surface area (Å²) in [6.45, 7) is 14.3. The van der Waals surface area contributed by atoms with Crippen molar-refractivity contribution in [3.8, 4) is 0 Å². The normalized spacial score (nSPS) is 13.0. The molecule has 21 heavy (non-hydrogen) atoms. The number of hydrogen-bond acceptors (Lipinski definition) is 3. The summed E-state index contributed by atoms with van der Waals surface area (Å²) in [7, 11) is 0. The molecule has 0 aliphatic carbocycles. The zero-order chi connectivity index (χ0) is 15.7. The Morgan fingerprint density at radius 3 is 2.52 bits per heavy atom. The van der Waals surface area contributed by atoms with E-state index in [0.29, 0.717) is 6.04 Å². The molecule has 0 fully saturated rings. The lowest BCUT2D eigenvalue weighted by Crippen LogP contribution is -2.31.